The van der Waals surface area contributed by atoms with Crippen molar-refractivity contribution in [1.82, 2.24) is 4.72 Å². The Morgan fingerprint density at radius 2 is 2.00 bits per heavy atom. The Balaban J connectivity index is 2.20. The van der Waals surface area contributed by atoms with Gasteiger partial charge in [0.15, 0.2) is 0 Å². The number of carbonyl (C=O) groups is 1. The molecule has 0 aromatic heterocycles. The quantitative estimate of drug-likeness (QED) is 0.868. The zero-order valence-electron chi connectivity index (χ0n) is 11.6. The van der Waals surface area contributed by atoms with E-state index in [1.165, 1.54) is 0 Å². The van der Waals surface area contributed by atoms with Gasteiger partial charge < -0.3 is 5.11 Å². The minimum atomic E-state index is -3.67. The summed E-state index contributed by atoms with van der Waals surface area (Å²) in [5, 5.41) is 9.22. The number of aryl methyl sites for hydroxylation is 2. The third-order valence-electron chi connectivity index (χ3n) is 4.00. The molecule has 0 heterocycles. The molecule has 5 nitrogen and oxygen atoms in total. The fraction of sp³-hybridized carbons (Fsp3) is 0.500. The van der Waals surface area contributed by atoms with Crippen molar-refractivity contribution in [3.8, 4) is 0 Å². The molecule has 0 amide bonds. The molecule has 1 fully saturated rings. The second kappa shape index (κ2) is 5.18. The minimum Gasteiger partial charge on any atom is -0.481 e. The number of aliphatic carboxylic acids is 1. The van der Waals surface area contributed by atoms with E-state index in [1.54, 1.807) is 19.1 Å². The largest absolute Gasteiger partial charge is 0.481 e. The molecule has 20 heavy (non-hydrogen) atoms. The Morgan fingerprint density at radius 3 is 2.50 bits per heavy atom. The van der Waals surface area contributed by atoms with Gasteiger partial charge in [-0.05, 0) is 43.9 Å². The summed E-state index contributed by atoms with van der Waals surface area (Å²) in [5.74, 6) is -0.924. The highest BCUT2D eigenvalue weighted by Gasteiger charge is 2.45. The Labute approximate surface area is 119 Å². The van der Waals surface area contributed by atoms with E-state index in [2.05, 4.69) is 4.72 Å². The van der Waals surface area contributed by atoms with Crippen LogP contribution in [0.25, 0.3) is 0 Å². The van der Waals surface area contributed by atoms with Crippen molar-refractivity contribution < 1.29 is 18.3 Å². The number of carboxylic acids is 1. The van der Waals surface area contributed by atoms with E-state index >= 15 is 0 Å². The topological polar surface area (TPSA) is 83.5 Å². The second-order valence-corrected chi connectivity index (χ2v) is 7.27. The van der Waals surface area contributed by atoms with Gasteiger partial charge in [-0.1, -0.05) is 18.6 Å². The van der Waals surface area contributed by atoms with Gasteiger partial charge >= 0.3 is 5.97 Å². The van der Waals surface area contributed by atoms with Crippen molar-refractivity contribution in [2.75, 3.05) is 6.54 Å². The second-order valence-electron chi connectivity index (χ2n) is 5.53. The molecule has 2 rings (SSSR count). The Bertz CT molecular complexity index is 633. The summed E-state index contributed by atoms with van der Waals surface area (Å²) in [6.07, 6.45) is 1.88. The van der Waals surface area contributed by atoms with E-state index in [9.17, 15) is 18.3 Å². The molecule has 0 bridgehead atoms. The van der Waals surface area contributed by atoms with Crippen LogP contribution in [-0.2, 0) is 14.8 Å². The van der Waals surface area contributed by atoms with Gasteiger partial charge in [-0.2, -0.15) is 0 Å². The third kappa shape index (κ3) is 2.71. The van der Waals surface area contributed by atoms with Crippen LogP contribution in [0.4, 0.5) is 0 Å². The fourth-order valence-electron chi connectivity index (χ4n) is 2.38. The van der Waals surface area contributed by atoms with Gasteiger partial charge in [0.1, 0.15) is 0 Å². The summed E-state index contributed by atoms with van der Waals surface area (Å²) in [7, 11) is -3.67. The average molecular weight is 297 g/mol. The minimum absolute atomic E-state index is 0.0436. The van der Waals surface area contributed by atoms with E-state index in [1.807, 2.05) is 13.0 Å². The lowest BCUT2D eigenvalue weighted by Gasteiger charge is -2.37. The fourth-order valence-corrected chi connectivity index (χ4v) is 3.83. The highest BCUT2D eigenvalue weighted by molar-refractivity contribution is 7.89. The molecule has 1 aromatic rings. The predicted molar refractivity (Wildman–Crippen MR) is 75.0 cm³/mol. The van der Waals surface area contributed by atoms with Crippen molar-refractivity contribution in [1.29, 1.82) is 0 Å². The van der Waals surface area contributed by atoms with Gasteiger partial charge in [0.25, 0.3) is 0 Å². The standard InChI is InChI=1S/C14H19NO4S/c1-10-4-5-11(2)12(8-10)20(18,19)15-9-14(13(16)17)6-3-7-14/h4-5,8,15H,3,6-7,9H2,1-2H3,(H,16,17). The average Bonchev–Trinajstić information content (AvgIpc) is 2.30. The van der Waals surface area contributed by atoms with Crippen molar-refractivity contribution >= 4 is 16.0 Å². The van der Waals surface area contributed by atoms with Crippen LogP contribution in [0.3, 0.4) is 0 Å². The van der Waals surface area contributed by atoms with Gasteiger partial charge in [-0.15, -0.1) is 0 Å². The Hall–Kier alpha value is -1.40. The molecule has 1 saturated carbocycles. The Kier molecular flexibility index (Phi) is 3.88. The monoisotopic (exact) mass is 297 g/mol. The first-order valence-corrected chi connectivity index (χ1v) is 8.05. The van der Waals surface area contributed by atoms with Gasteiger partial charge in [-0.25, -0.2) is 13.1 Å². The lowest BCUT2D eigenvalue weighted by atomic mass is 9.69. The van der Waals surface area contributed by atoms with E-state index in [0.29, 0.717) is 18.4 Å². The molecular formula is C14H19NO4S. The summed E-state index contributed by atoms with van der Waals surface area (Å²) in [6, 6.07) is 5.20. The van der Waals surface area contributed by atoms with Crippen LogP contribution >= 0.6 is 0 Å². The number of hydrogen-bond donors (Lipinski definition) is 2. The summed E-state index contributed by atoms with van der Waals surface area (Å²) < 4.78 is 27.1. The number of sulfonamides is 1. The van der Waals surface area contributed by atoms with Crippen molar-refractivity contribution in [2.24, 2.45) is 5.41 Å². The molecular weight excluding hydrogens is 278 g/mol. The molecule has 1 aliphatic rings. The number of carboxylic acid groups (broad SMARTS) is 1. The molecule has 0 atom stereocenters. The van der Waals surface area contributed by atoms with Crippen LogP contribution in [0.15, 0.2) is 23.1 Å². The van der Waals surface area contributed by atoms with E-state index < -0.39 is 21.4 Å². The van der Waals surface area contributed by atoms with Crippen molar-refractivity contribution in [2.45, 2.75) is 38.0 Å². The summed E-state index contributed by atoms with van der Waals surface area (Å²) in [6.45, 7) is 3.51. The molecule has 0 saturated heterocycles. The first-order valence-electron chi connectivity index (χ1n) is 6.57. The normalized spacial score (nSPS) is 17.5. The lowest BCUT2D eigenvalue weighted by Crippen LogP contribution is -2.47. The smallest absolute Gasteiger partial charge is 0.310 e. The number of benzene rings is 1. The predicted octanol–water partition coefficient (Wildman–Crippen LogP) is 1.84. The maximum atomic E-state index is 12.3. The lowest BCUT2D eigenvalue weighted by molar-refractivity contribution is -0.153. The van der Waals surface area contributed by atoms with Crippen molar-refractivity contribution in [3.05, 3.63) is 29.3 Å². The van der Waals surface area contributed by atoms with Gasteiger partial charge in [0, 0.05) is 6.54 Å². The molecule has 0 spiro atoms. The summed E-state index contributed by atoms with van der Waals surface area (Å²) in [5.41, 5.74) is 0.582. The molecule has 0 unspecified atom stereocenters. The zero-order chi connectivity index (χ0) is 15.0. The first-order chi connectivity index (χ1) is 9.27. The van der Waals surface area contributed by atoms with Gasteiger partial charge in [-0.3, -0.25) is 4.79 Å². The summed E-state index contributed by atoms with van der Waals surface area (Å²) in [4.78, 5) is 11.5. The highest BCUT2D eigenvalue weighted by Crippen LogP contribution is 2.40. The van der Waals surface area contributed by atoms with E-state index in [-0.39, 0.29) is 11.4 Å². The molecule has 1 aromatic carbocycles. The third-order valence-corrected chi connectivity index (χ3v) is 5.54. The van der Waals surface area contributed by atoms with Gasteiger partial charge in [0.05, 0.1) is 10.3 Å². The van der Waals surface area contributed by atoms with E-state index in [4.69, 9.17) is 0 Å². The maximum Gasteiger partial charge on any atom is 0.310 e. The van der Waals surface area contributed by atoms with Crippen LogP contribution in [0.1, 0.15) is 30.4 Å². The van der Waals surface area contributed by atoms with E-state index in [0.717, 1.165) is 12.0 Å². The molecule has 0 aliphatic heterocycles. The van der Waals surface area contributed by atoms with Crippen LogP contribution in [-0.4, -0.2) is 26.0 Å². The maximum absolute atomic E-state index is 12.3. The molecule has 2 N–H and O–H groups in total. The highest BCUT2D eigenvalue weighted by atomic mass is 32.2. The van der Waals surface area contributed by atoms with Gasteiger partial charge in [0.2, 0.25) is 10.0 Å². The number of hydrogen-bond acceptors (Lipinski definition) is 3. The molecule has 6 heteroatoms. The molecule has 1 aliphatic carbocycles. The van der Waals surface area contributed by atoms with Crippen LogP contribution in [0.5, 0.6) is 0 Å². The zero-order valence-corrected chi connectivity index (χ0v) is 12.5. The number of nitrogens with one attached hydrogen (secondary N) is 1. The van der Waals surface area contributed by atoms with Crippen LogP contribution in [0.2, 0.25) is 0 Å². The Morgan fingerprint density at radius 1 is 1.35 bits per heavy atom. The number of rotatable bonds is 5. The van der Waals surface area contributed by atoms with Crippen LogP contribution < -0.4 is 4.72 Å². The molecule has 110 valence electrons. The van der Waals surface area contributed by atoms with Crippen molar-refractivity contribution in [3.63, 3.8) is 0 Å². The summed E-state index contributed by atoms with van der Waals surface area (Å²) >= 11 is 0. The van der Waals surface area contributed by atoms with Crippen LogP contribution in [0, 0.1) is 19.3 Å². The SMILES string of the molecule is Cc1ccc(C)c(S(=O)(=O)NCC2(C(=O)O)CCC2)c1. The first kappa shape index (κ1) is 15.0. The molecule has 0 radical (unpaired) electrons.